The average molecular weight is 371 g/mol. The van der Waals surface area contributed by atoms with Crippen molar-refractivity contribution in [2.24, 2.45) is 0 Å². The number of benzene rings is 2. The van der Waals surface area contributed by atoms with Gasteiger partial charge in [0.2, 0.25) is 0 Å². The van der Waals surface area contributed by atoms with Crippen molar-refractivity contribution in [1.82, 2.24) is 0 Å². The lowest BCUT2D eigenvalue weighted by molar-refractivity contribution is -0.384. The summed E-state index contributed by atoms with van der Waals surface area (Å²) in [7, 11) is 0. The Morgan fingerprint density at radius 3 is 2.52 bits per heavy atom. The van der Waals surface area contributed by atoms with Crippen molar-refractivity contribution in [2.75, 3.05) is 18.0 Å². The summed E-state index contributed by atoms with van der Waals surface area (Å²) in [6.07, 6.45) is 0. The number of carbonyl (C=O) groups is 1. The molecular formula is C19H18FN3O4. The second-order valence-corrected chi connectivity index (χ2v) is 5.62. The number of halogens is 1. The SMILES string of the molecule is CCN(CC)c1ccc([N+](=O)[O-])cc1C(=O)OCc1ccc(C#N)cc1F. The third-order valence-electron chi connectivity index (χ3n) is 4.06. The number of hydrogen-bond donors (Lipinski definition) is 0. The molecule has 7 nitrogen and oxygen atoms in total. The van der Waals surface area contributed by atoms with E-state index in [2.05, 4.69) is 0 Å². The van der Waals surface area contributed by atoms with E-state index in [-0.39, 0.29) is 29.0 Å². The fraction of sp³-hybridized carbons (Fsp3) is 0.263. The molecule has 0 N–H and O–H groups in total. The molecule has 0 saturated carbocycles. The van der Waals surface area contributed by atoms with E-state index in [0.717, 1.165) is 12.1 Å². The minimum absolute atomic E-state index is 0.0435. The molecule has 0 fully saturated rings. The number of nitrogens with zero attached hydrogens (tertiary/aromatic N) is 3. The standard InChI is InChI=1S/C19H18FN3O4/c1-3-22(4-2)18-8-7-15(23(25)26)10-16(18)19(24)27-12-14-6-5-13(11-21)9-17(14)20/h5-10H,3-4,12H2,1-2H3. The van der Waals surface area contributed by atoms with Gasteiger partial charge >= 0.3 is 5.97 Å². The van der Waals surface area contributed by atoms with E-state index in [1.807, 2.05) is 24.8 Å². The van der Waals surface area contributed by atoms with E-state index < -0.39 is 16.7 Å². The summed E-state index contributed by atoms with van der Waals surface area (Å²) >= 11 is 0. The average Bonchev–Trinajstić information content (AvgIpc) is 2.67. The van der Waals surface area contributed by atoms with E-state index in [4.69, 9.17) is 10.00 Å². The van der Waals surface area contributed by atoms with Crippen LogP contribution < -0.4 is 4.90 Å². The maximum atomic E-state index is 13.9. The van der Waals surface area contributed by atoms with Gasteiger partial charge in [-0.2, -0.15) is 5.26 Å². The van der Waals surface area contributed by atoms with Crippen LogP contribution in [0.5, 0.6) is 0 Å². The molecule has 0 aliphatic heterocycles. The molecule has 0 spiro atoms. The van der Waals surface area contributed by atoms with Crippen LogP contribution >= 0.6 is 0 Å². The van der Waals surface area contributed by atoms with E-state index in [0.29, 0.717) is 18.8 Å². The van der Waals surface area contributed by atoms with Crippen LogP contribution in [0.2, 0.25) is 0 Å². The molecule has 140 valence electrons. The summed E-state index contributed by atoms with van der Waals surface area (Å²) in [4.78, 5) is 24.9. The zero-order valence-electron chi connectivity index (χ0n) is 14.9. The molecule has 0 bridgehead atoms. The minimum atomic E-state index is -0.788. The number of nitro benzene ring substituents is 1. The van der Waals surface area contributed by atoms with Crippen molar-refractivity contribution in [3.05, 3.63) is 69.0 Å². The summed E-state index contributed by atoms with van der Waals surface area (Å²) in [5.41, 5.74) is 0.586. The summed E-state index contributed by atoms with van der Waals surface area (Å²) in [5.74, 6) is -1.45. The first-order valence-corrected chi connectivity index (χ1v) is 8.30. The zero-order valence-corrected chi connectivity index (χ0v) is 14.9. The molecule has 0 unspecified atom stereocenters. The smallest absolute Gasteiger partial charge is 0.340 e. The Bertz CT molecular complexity index is 904. The van der Waals surface area contributed by atoms with Gasteiger partial charge in [-0.1, -0.05) is 6.07 Å². The van der Waals surface area contributed by atoms with Gasteiger partial charge in [0.1, 0.15) is 12.4 Å². The van der Waals surface area contributed by atoms with Gasteiger partial charge in [0.15, 0.2) is 0 Å². The monoisotopic (exact) mass is 371 g/mol. The Labute approximate surface area is 155 Å². The molecular weight excluding hydrogens is 353 g/mol. The molecule has 8 heteroatoms. The lowest BCUT2D eigenvalue weighted by Gasteiger charge is -2.23. The highest BCUT2D eigenvalue weighted by molar-refractivity contribution is 5.96. The van der Waals surface area contributed by atoms with Crippen LogP contribution in [-0.2, 0) is 11.3 Å². The Hall–Kier alpha value is -3.47. The highest BCUT2D eigenvalue weighted by Gasteiger charge is 2.21. The van der Waals surface area contributed by atoms with Crippen LogP contribution in [0.15, 0.2) is 36.4 Å². The van der Waals surface area contributed by atoms with Crippen LogP contribution in [0.25, 0.3) is 0 Å². The molecule has 0 aliphatic carbocycles. The van der Waals surface area contributed by atoms with Crippen LogP contribution in [0.4, 0.5) is 15.8 Å². The first-order valence-electron chi connectivity index (χ1n) is 8.30. The van der Waals surface area contributed by atoms with Crippen molar-refractivity contribution in [3.63, 3.8) is 0 Å². The molecule has 0 aromatic heterocycles. The summed E-state index contributed by atoms with van der Waals surface area (Å²) in [6.45, 7) is 4.63. The molecule has 0 amide bonds. The van der Waals surface area contributed by atoms with Gasteiger partial charge in [-0.05, 0) is 32.0 Å². The normalized spacial score (nSPS) is 10.1. The van der Waals surface area contributed by atoms with Gasteiger partial charge in [-0.15, -0.1) is 0 Å². The van der Waals surface area contributed by atoms with Crippen molar-refractivity contribution in [2.45, 2.75) is 20.5 Å². The van der Waals surface area contributed by atoms with Crippen LogP contribution in [-0.4, -0.2) is 24.0 Å². The Kier molecular flexibility index (Phi) is 6.44. The quantitative estimate of drug-likeness (QED) is 0.417. The molecule has 27 heavy (non-hydrogen) atoms. The molecule has 0 radical (unpaired) electrons. The fourth-order valence-corrected chi connectivity index (χ4v) is 2.60. The fourth-order valence-electron chi connectivity index (χ4n) is 2.60. The number of anilines is 1. The van der Waals surface area contributed by atoms with Gasteiger partial charge in [0.25, 0.3) is 5.69 Å². The van der Waals surface area contributed by atoms with E-state index in [9.17, 15) is 19.3 Å². The maximum absolute atomic E-state index is 13.9. The van der Waals surface area contributed by atoms with Gasteiger partial charge in [0.05, 0.1) is 27.8 Å². The van der Waals surface area contributed by atoms with Gasteiger partial charge in [-0.3, -0.25) is 10.1 Å². The Morgan fingerprint density at radius 2 is 1.96 bits per heavy atom. The lowest BCUT2D eigenvalue weighted by atomic mass is 10.1. The summed E-state index contributed by atoms with van der Waals surface area (Å²) in [6, 6.07) is 9.64. The van der Waals surface area contributed by atoms with Gasteiger partial charge < -0.3 is 9.64 Å². The van der Waals surface area contributed by atoms with Gasteiger partial charge in [0, 0.05) is 30.8 Å². The first-order chi connectivity index (χ1) is 12.9. The molecule has 2 aromatic rings. The number of rotatable bonds is 7. The highest BCUT2D eigenvalue weighted by Crippen LogP contribution is 2.27. The number of carbonyl (C=O) groups excluding carboxylic acids is 1. The number of nitriles is 1. The largest absolute Gasteiger partial charge is 0.457 e. The zero-order chi connectivity index (χ0) is 20.0. The van der Waals surface area contributed by atoms with Crippen molar-refractivity contribution in [3.8, 4) is 6.07 Å². The topological polar surface area (TPSA) is 96.5 Å². The summed E-state index contributed by atoms with van der Waals surface area (Å²) in [5, 5.41) is 19.8. The van der Waals surface area contributed by atoms with Crippen LogP contribution in [0.3, 0.4) is 0 Å². The van der Waals surface area contributed by atoms with E-state index in [1.165, 1.54) is 24.3 Å². The number of hydrogen-bond acceptors (Lipinski definition) is 6. The molecule has 0 saturated heterocycles. The number of esters is 1. The minimum Gasteiger partial charge on any atom is -0.457 e. The number of ether oxygens (including phenoxy) is 1. The predicted molar refractivity (Wildman–Crippen MR) is 96.9 cm³/mol. The second kappa shape index (κ2) is 8.76. The third-order valence-corrected chi connectivity index (χ3v) is 4.06. The number of non-ortho nitro benzene ring substituents is 1. The third kappa shape index (κ3) is 4.58. The lowest BCUT2D eigenvalue weighted by Crippen LogP contribution is -2.24. The van der Waals surface area contributed by atoms with Crippen molar-refractivity contribution >= 4 is 17.3 Å². The predicted octanol–water partition coefficient (Wildman–Crippen LogP) is 3.81. The first kappa shape index (κ1) is 19.8. The Morgan fingerprint density at radius 1 is 1.26 bits per heavy atom. The molecule has 0 aliphatic rings. The van der Waals surface area contributed by atoms with Crippen LogP contribution in [0, 0.1) is 27.3 Å². The molecule has 0 heterocycles. The summed E-state index contributed by atoms with van der Waals surface area (Å²) < 4.78 is 19.1. The molecule has 0 atom stereocenters. The Balaban J connectivity index is 2.29. The maximum Gasteiger partial charge on any atom is 0.340 e. The molecule has 2 aromatic carbocycles. The van der Waals surface area contributed by atoms with Crippen molar-refractivity contribution in [1.29, 1.82) is 5.26 Å². The van der Waals surface area contributed by atoms with Gasteiger partial charge in [-0.25, -0.2) is 9.18 Å². The van der Waals surface area contributed by atoms with Crippen molar-refractivity contribution < 1.29 is 18.8 Å². The molecule has 2 rings (SSSR count). The highest BCUT2D eigenvalue weighted by atomic mass is 19.1. The van der Waals surface area contributed by atoms with E-state index >= 15 is 0 Å². The van der Waals surface area contributed by atoms with Crippen LogP contribution in [0.1, 0.15) is 35.3 Å². The number of nitro groups is 1. The van der Waals surface area contributed by atoms with E-state index in [1.54, 1.807) is 0 Å². The second-order valence-electron chi connectivity index (χ2n) is 5.62.